The van der Waals surface area contributed by atoms with Gasteiger partial charge in [-0.3, -0.25) is 33.6 Å². The van der Waals surface area contributed by atoms with Crippen molar-refractivity contribution in [3.8, 4) is 43.4 Å². The van der Waals surface area contributed by atoms with Gasteiger partial charge in [-0.15, -0.1) is 68.0 Å². The van der Waals surface area contributed by atoms with Gasteiger partial charge in [0.15, 0.2) is 6.04 Å². The number of aliphatic hydroxyl groups is 1. The van der Waals surface area contributed by atoms with E-state index in [0.717, 1.165) is 11.3 Å². The summed E-state index contributed by atoms with van der Waals surface area (Å²) in [4.78, 5) is 136. The fourth-order valence-corrected chi connectivity index (χ4v) is 15.4. The maximum Gasteiger partial charge on any atom is 0.271 e. The SMILES string of the molecule is CNC(=O)C[C@@H]1NC(=O)c2csc(n2)-c2ccc(-c3nc(C4=N[C@H](C(=O)N5CCC[C@H]5C(N)=O)CO4)cs3)nc2-c2csc(n2)-c2csc(n2)[C@H]([C@@H](O)c2ccccc2)NC(=O)CNC(=O)c2nc(sc2COC)[C@H](C(C)C)NC(=O)c2nc1sc2C. The van der Waals surface area contributed by atoms with E-state index in [1.807, 2.05) is 13.8 Å². The molecule has 3 aliphatic heterocycles. The van der Waals surface area contributed by atoms with Crippen molar-refractivity contribution < 1.29 is 48.1 Å². The Balaban J connectivity index is 0.970. The molecule has 1 saturated heterocycles. The summed E-state index contributed by atoms with van der Waals surface area (Å²) in [6.07, 6.45) is -0.374. The number of likely N-dealkylation sites (tertiary alicyclic amines) is 1. The molecule has 0 spiro atoms. The summed E-state index contributed by atoms with van der Waals surface area (Å²) >= 11 is 7.20. The van der Waals surface area contributed by atoms with Gasteiger partial charge < -0.3 is 51.8 Å². The van der Waals surface area contributed by atoms with Crippen LogP contribution in [0.5, 0.6) is 0 Å². The molecule has 8 N–H and O–H groups in total. The average molecular weight is 1290 g/mol. The van der Waals surface area contributed by atoms with Crippen molar-refractivity contribution in [3.05, 3.63) is 117 Å². The number of nitrogens with zero attached hydrogens (tertiary/aromatic N) is 9. The molecule has 0 aliphatic carbocycles. The molecule has 450 valence electrons. The van der Waals surface area contributed by atoms with Gasteiger partial charge in [-0.1, -0.05) is 44.2 Å². The number of primary amides is 1. The van der Waals surface area contributed by atoms with E-state index in [9.17, 15) is 38.7 Å². The number of carbonyl (C=O) groups excluding carboxylic acids is 7. The summed E-state index contributed by atoms with van der Waals surface area (Å²) in [5.41, 5.74) is 8.65. The van der Waals surface area contributed by atoms with E-state index in [0.29, 0.717) is 93.8 Å². The molecule has 0 radical (unpaired) electrons. The van der Waals surface area contributed by atoms with Crippen molar-refractivity contribution in [2.24, 2.45) is 16.6 Å². The van der Waals surface area contributed by atoms with Crippen molar-refractivity contribution in [2.75, 3.05) is 33.9 Å². The highest BCUT2D eigenvalue weighted by atomic mass is 32.1. The number of pyridine rings is 1. The van der Waals surface area contributed by atoms with Gasteiger partial charge in [-0.2, -0.15) is 0 Å². The third-order valence-electron chi connectivity index (χ3n) is 14.3. The Morgan fingerprint density at radius 2 is 1.47 bits per heavy atom. The van der Waals surface area contributed by atoms with Crippen LogP contribution in [0.3, 0.4) is 0 Å². The van der Waals surface area contributed by atoms with E-state index in [4.69, 9.17) is 50.1 Å². The number of hydrogen-bond donors (Lipinski definition) is 7. The lowest BCUT2D eigenvalue weighted by molar-refractivity contribution is -0.138. The molecule has 3 aliphatic rings. The molecular weight excluding hydrogens is 1240 g/mol. The lowest BCUT2D eigenvalue weighted by Gasteiger charge is -2.23. The third-order valence-corrected chi connectivity index (χ3v) is 20.0. The average Bonchev–Trinajstić information content (AvgIpc) is 2.59. The number of benzene rings is 1. The van der Waals surface area contributed by atoms with E-state index in [-0.39, 0.29) is 59.4 Å². The van der Waals surface area contributed by atoms with Gasteiger partial charge in [0.2, 0.25) is 23.6 Å². The van der Waals surface area contributed by atoms with Crippen LogP contribution in [0.4, 0.5) is 0 Å². The van der Waals surface area contributed by atoms with Crippen LogP contribution >= 0.6 is 68.0 Å². The predicted molar refractivity (Wildman–Crippen MR) is 327 cm³/mol. The number of rotatable bonds is 11. The molecule has 87 heavy (non-hydrogen) atoms. The number of nitrogens with one attached hydrogen (secondary N) is 5. The fourth-order valence-electron chi connectivity index (χ4n) is 9.84. The zero-order chi connectivity index (χ0) is 61.2. The number of aryl methyl sites for hydroxylation is 1. The molecule has 0 unspecified atom stereocenters. The maximum atomic E-state index is 14.4. The molecule has 1 fully saturated rings. The van der Waals surface area contributed by atoms with Crippen molar-refractivity contribution in [3.63, 3.8) is 0 Å². The van der Waals surface area contributed by atoms with Crippen LogP contribution in [0.15, 0.2) is 69.0 Å². The Bertz CT molecular complexity index is 3980. The van der Waals surface area contributed by atoms with E-state index >= 15 is 0 Å². The molecule has 10 heterocycles. The first-order valence-electron chi connectivity index (χ1n) is 27.2. The number of amides is 7. The Morgan fingerprint density at radius 3 is 2.23 bits per heavy atom. The van der Waals surface area contributed by atoms with Gasteiger partial charge in [0.1, 0.15) is 94.7 Å². The number of hydrogen-bond acceptors (Lipinski definition) is 24. The van der Waals surface area contributed by atoms with Crippen molar-refractivity contribution in [1.29, 1.82) is 0 Å². The second kappa shape index (κ2) is 26.0. The monoisotopic (exact) mass is 1290 g/mol. The minimum atomic E-state index is -1.28. The van der Waals surface area contributed by atoms with Crippen LogP contribution in [0.2, 0.25) is 0 Å². The minimum Gasteiger partial charge on any atom is -0.473 e. The van der Waals surface area contributed by atoms with Crippen LogP contribution in [0.25, 0.3) is 43.4 Å². The number of aliphatic hydroxyl groups excluding tert-OH is 1. The number of nitrogens with two attached hydrogens (primary N) is 1. The van der Waals surface area contributed by atoms with Crippen LogP contribution in [-0.4, -0.2) is 138 Å². The van der Waals surface area contributed by atoms with E-state index in [1.165, 1.54) is 75.7 Å². The second-order valence-electron chi connectivity index (χ2n) is 20.5. The van der Waals surface area contributed by atoms with E-state index in [2.05, 4.69) is 31.6 Å². The number of ether oxygens (including phenoxy) is 2. The van der Waals surface area contributed by atoms with Gasteiger partial charge in [-0.25, -0.2) is 39.9 Å². The molecule has 6 atom stereocenters. The number of methoxy groups -OCH3 is 1. The number of thiazole rings is 6. The summed E-state index contributed by atoms with van der Waals surface area (Å²) in [5, 5.41) is 35.3. The maximum absolute atomic E-state index is 14.4. The van der Waals surface area contributed by atoms with Crippen molar-refractivity contribution in [1.82, 2.24) is 66.4 Å². The normalized spacial score (nSPS) is 19.6. The van der Waals surface area contributed by atoms with Crippen LogP contribution in [0.1, 0.15) is 125 Å². The largest absolute Gasteiger partial charge is 0.473 e. The lowest BCUT2D eigenvalue weighted by Crippen LogP contribution is -2.47. The Morgan fingerprint density at radius 1 is 0.759 bits per heavy atom. The summed E-state index contributed by atoms with van der Waals surface area (Å²) < 4.78 is 11.4. The van der Waals surface area contributed by atoms with E-state index in [1.54, 1.807) is 70.9 Å². The smallest absolute Gasteiger partial charge is 0.271 e. The highest BCUT2D eigenvalue weighted by molar-refractivity contribution is 7.15. The van der Waals surface area contributed by atoms with Crippen molar-refractivity contribution in [2.45, 2.75) is 83.0 Å². The lowest BCUT2D eigenvalue weighted by atomic mass is 10.0. The molecule has 1 aromatic carbocycles. The zero-order valence-corrected chi connectivity index (χ0v) is 51.9. The quantitative estimate of drug-likeness (QED) is 0.0788. The summed E-state index contributed by atoms with van der Waals surface area (Å²) in [6.45, 7) is 5.31. The highest BCUT2D eigenvalue weighted by Crippen LogP contribution is 2.40. The van der Waals surface area contributed by atoms with Crippen LogP contribution in [-0.2, 0) is 35.3 Å². The number of aromatic nitrogens is 7. The molecule has 0 saturated carbocycles. The zero-order valence-electron chi connectivity index (χ0n) is 47.0. The predicted octanol–water partition coefficient (Wildman–Crippen LogP) is 5.93. The van der Waals surface area contributed by atoms with Crippen LogP contribution in [0, 0.1) is 12.8 Å². The first-order valence-corrected chi connectivity index (χ1v) is 32.3. The van der Waals surface area contributed by atoms with Gasteiger partial charge in [0, 0.05) is 52.7 Å². The molecule has 25 nitrogen and oxygen atoms in total. The Hall–Kier alpha value is -8.17. The number of aliphatic imine (C=N–C) groups is 1. The third kappa shape index (κ3) is 13.0. The topological polar surface area (TPSA) is 350 Å². The first kappa shape index (κ1) is 60.5. The molecule has 31 heteroatoms. The fraction of sp³-hybridized carbons (Fsp3) is 0.339. The molecule has 8 aromatic rings. The number of fused-ring (bicyclic) bond motifs is 14. The molecule has 7 amide bonds. The van der Waals surface area contributed by atoms with Crippen LogP contribution < -0.4 is 32.3 Å². The minimum absolute atomic E-state index is 0.00115. The van der Waals surface area contributed by atoms with Gasteiger partial charge >= 0.3 is 0 Å². The van der Waals surface area contributed by atoms with Gasteiger partial charge in [0.25, 0.3) is 23.6 Å². The van der Waals surface area contributed by atoms with E-state index < -0.39 is 78.3 Å². The van der Waals surface area contributed by atoms with Gasteiger partial charge in [-0.05, 0) is 43.4 Å². The highest BCUT2D eigenvalue weighted by Gasteiger charge is 2.39. The second-order valence-corrected chi connectivity index (χ2v) is 26.3. The molecule has 7 aromatic heterocycles. The Kier molecular flexibility index (Phi) is 18.1. The van der Waals surface area contributed by atoms with Gasteiger partial charge in [0.05, 0.1) is 42.2 Å². The standard InChI is InChI=1S/C56H55N15O10S6/c1-24(2)39-55-70-42(36(87-55)19-80-5)47(77)59-17-38(73)67-43(44(74)26-10-7-6-8-11-26)54-66-34(23-85-54)52-63-31(20-83-52)41-27(50-64-32(21-82-50)46(76)61-29(16-37(72)58-4)53-69-40(25(3)86-53)48(78)68-39)13-14-28(60-41)51-65-33(22-84-51)49-62-30(18-81-49)56(79)71-15-9-12-35(71)45(57)75/h6-8,10-11,13-14,20-24,29-30,35,39,43-44,74H,9,12,15-19H2,1-5H3,(H2,57,75)(H,58,72)(H,59,77)(H,61,76)(H,67,73)(H,68,78)/t29-,30-,35-,39-,43-,44-/m0/s1. The first-order chi connectivity index (χ1) is 41.9. The molecule has 11 rings (SSSR count). The number of carbonyl (C=O) groups is 7. The summed E-state index contributed by atoms with van der Waals surface area (Å²) in [6, 6.07) is 7.92. The summed E-state index contributed by atoms with van der Waals surface area (Å²) in [5.74, 6) is -3.91. The Labute approximate surface area is 520 Å². The summed E-state index contributed by atoms with van der Waals surface area (Å²) in [7, 11) is 2.94. The molecule has 10 bridgehead atoms. The molecular formula is C56H55N15O10S6. The van der Waals surface area contributed by atoms with Crippen molar-refractivity contribution >= 4 is 115 Å².